The number of hydrogen-bond donors (Lipinski definition) is 2. The third-order valence-corrected chi connectivity index (χ3v) is 3.13. The van der Waals surface area contributed by atoms with Crippen molar-refractivity contribution < 1.29 is 14.7 Å². The largest absolute Gasteiger partial charge is 0.478 e. The van der Waals surface area contributed by atoms with Crippen LogP contribution in [-0.4, -0.2) is 22.0 Å². The number of nitrogens with one attached hydrogen (secondary N) is 1. The first kappa shape index (κ1) is 14.2. The van der Waals surface area contributed by atoms with Gasteiger partial charge in [0.15, 0.2) is 0 Å². The molecule has 2 rings (SSSR count). The number of nitrogens with zero attached hydrogens (tertiary/aromatic N) is 1. The van der Waals surface area contributed by atoms with E-state index in [0.717, 1.165) is 0 Å². The minimum absolute atomic E-state index is 0.0494. The molecular formula is C14H11BrN2O3. The second-order valence-electron chi connectivity index (χ2n) is 4.10. The third kappa shape index (κ3) is 3.03. The first-order valence-electron chi connectivity index (χ1n) is 5.76. The number of carbonyl (C=O) groups is 2. The molecular weight excluding hydrogens is 324 g/mol. The van der Waals surface area contributed by atoms with E-state index in [9.17, 15) is 9.59 Å². The van der Waals surface area contributed by atoms with E-state index in [1.54, 1.807) is 37.3 Å². The third-order valence-electron chi connectivity index (χ3n) is 2.69. The number of amides is 1. The van der Waals surface area contributed by atoms with Crippen molar-refractivity contribution in [3.8, 4) is 0 Å². The average Bonchev–Trinajstić information content (AvgIpc) is 2.40. The Morgan fingerprint density at radius 3 is 2.55 bits per heavy atom. The summed E-state index contributed by atoms with van der Waals surface area (Å²) < 4.78 is 0.536. The van der Waals surface area contributed by atoms with Gasteiger partial charge >= 0.3 is 5.97 Å². The van der Waals surface area contributed by atoms with Crippen molar-refractivity contribution >= 4 is 33.5 Å². The van der Waals surface area contributed by atoms with E-state index >= 15 is 0 Å². The van der Waals surface area contributed by atoms with Gasteiger partial charge in [0.05, 0.1) is 11.3 Å². The lowest BCUT2D eigenvalue weighted by Gasteiger charge is -2.11. The van der Waals surface area contributed by atoms with Crippen LogP contribution in [0.2, 0.25) is 0 Å². The van der Waals surface area contributed by atoms with Crippen molar-refractivity contribution in [3.63, 3.8) is 0 Å². The van der Waals surface area contributed by atoms with Crippen LogP contribution in [0.5, 0.6) is 0 Å². The van der Waals surface area contributed by atoms with Gasteiger partial charge in [0.1, 0.15) is 10.3 Å². The number of para-hydroxylation sites is 1. The molecule has 0 bridgehead atoms. The maximum atomic E-state index is 12.1. The molecule has 0 atom stereocenters. The number of aromatic nitrogens is 1. The highest BCUT2D eigenvalue weighted by atomic mass is 79.9. The molecule has 0 aliphatic heterocycles. The second kappa shape index (κ2) is 5.83. The number of carboxylic acids is 1. The summed E-state index contributed by atoms with van der Waals surface area (Å²) >= 11 is 3.18. The van der Waals surface area contributed by atoms with Gasteiger partial charge in [0.25, 0.3) is 5.91 Å². The molecule has 2 N–H and O–H groups in total. The van der Waals surface area contributed by atoms with E-state index < -0.39 is 11.9 Å². The molecule has 0 spiro atoms. The molecule has 20 heavy (non-hydrogen) atoms. The number of aryl methyl sites for hydroxylation is 1. The molecule has 0 saturated carbocycles. The lowest BCUT2D eigenvalue weighted by molar-refractivity contribution is 0.0698. The first-order valence-corrected chi connectivity index (χ1v) is 6.55. The fraction of sp³-hybridized carbons (Fsp3) is 0.0714. The fourth-order valence-corrected chi connectivity index (χ4v) is 2.07. The highest BCUT2D eigenvalue weighted by molar-refractivity contribution is 9.10. The summed E-state index contributed by atoms with van der Waals surface area (Å²) in [6, 6.07) is 9.75. The van der Waals surface area contributed by atoms with E-state index in [1.165, 1.54) is 6.07 Å². The second-order valence-corrected chi connectivity index (χ2v) is 4.91. The zero-order valence-corrected chi connectivity index (χ0v) is 12.1. The molecule has 102 valence electrons. The minimum Gasteiger partial charge on any atom is -0.478 e. The Kier molecular flexibility index (Phi) is 4.14. The van der Waals surface area contributed by atoms with Gasteiger partial charge in [-0.2, -0.15) is 0 Å². The van der Waals surface area contributed by atoms with Crippen molar-refractivity contribution in [1.82, 2.24) is 4.98 Å². The Bertz CT molecular complexity index is 686. The monoisotopic (exact) mass is 334 g/mol. The summed E-state index contributed by atoms with van der Waals surface area (Å²) in [5, 5.41) is 11.7. The van der Waals surface area contributed by atoms with E-state index in [2.05, 4.69) is 26.2 Å². The molecule has 1 aromatic heterocycles. The Morgan fingerprint density at radius 2 is 1.90 bits per heavy atom. The Balaban J connectivity index is 2.35. The van der Waals surface area contributed by atoms with Crippen molar-refractivity contribution in [1.29, 1.82) is 0 Å². The van der Waals surface area contributed by atoms with Crippen LogP contribution in [0.15, 0.2) is 41.0 Å². The average molecular weight is 335 g/mol. The number of halogens is 1. The number of carbonyl (C=O) groups excluding carboxylic acids is 1. The number of anilines is 1. The highest BCUT2D eigenvalue weighted by Gasteiger charge is 2.16. The molecule has 0 fully saturated rings. The van der Waals surface area contributed by atoms with Gasteiger partial charge in [-0.15, -0.1) is 0 Å². The zero-order chi connectivity index (χ0) is 14.7. The number of rotatable bonds is 3. The predicted molar refractivity (Wildman–Crippen MR) is 78.0 cm³/mol. The van der Waals surface area contributed by atoms with Crippen LogP contribution in [0.25, 0.3) is 0 Å². The van der Waals surface area contributed by atoms with Gasteiger partial charge in [-0.25, -0.2) is 9.78 Å². The first-order chi connectivity index (χ1) is 9.49. The van der Waals surface area contributed by atoms with Crippen molar-refractivity contribution in [2.75, 3.05) is 5.32 Å². The lowest BCUT2D eigenvalue weighted by atomic mass is 10.1. The summed E-state index contributed by atoms with van der Waals surface area (Å²) in [5.41, 5.74) is 1.22. The topological polar surface area (TPSA) is 79.3 Å². The van der Waals surface area contributed by atoms with Gasteiger partial charge in [-0.1, -0.05) is 18.2 Å². The van der Waals surface area contributed by atoms with Crippen molar-refractivity contribution in [2.24, 2.45) is 0 Å². The zero-order valence-electron chi connectivity index (χ0n) is 10.6. The van der Waals surface area contributed by atoms with Crippen LogP contribution in [0, 0.1) is 6.92 Å². The molecule has 1 aromatic carbocycles. The number of benzene rings is 1. The summed E-state index contributed by atoms with van der Waals surface area (Å²) in [5.74, 6) is -1.55. The van der Waals surface area contributed by atoms with Crippen molar-refractivity contribution in [2.45, 2.75) is 6.92 Å². The van der Waals surface area contributed by atoms with E-state index in [4.69, 9.17) is 5.11 Å². The summed E-state index contributed by atoms with van der Waals surface area (Å²) in [7, 11) is 0. The Hall–Kier alpha value is -2.21. The molecule has 6 heteroatoms. The van der Waals surface area contributed by atoms with Crippen LogP contribution >= 0.6 is 15.9 Å². The fourth-order valence-electron chi connectivity index (χ4n) is 1.72. The van der Waals surface area contributed by atoms with Gasteiger partial charge in [0, 0.05) is 0 Å². The number of pyridine rings is 1. The molecule has 0 radical (unpaired) electrons. The maximum Gasteiger partial charge on any atom is 0.337 e. The Labute approximate surface area is 123 Å². The van der Waals surface area contributed by atoms with Crippen LogP contribution in [0.3, 0.4) is 0 Å². The molecule has 5 nitrogen and oxygen atoms in total. The molecule has 1 heterocycles. The normalized spacial score (nSPS) is 10.1. The smallest absolute Gasteiger partial charge is 0.337 e. The van der Waals surface area contributed by atoms with E-state index in [1.807, 2.05) is 0 Å². The minimum atomic E-state index is -1.09. The predicted octanol–water partition coefficient (Wildman–Crippen LogP) is 3.10. The van der Waals surface area contributed by atoms with Crippen LogP contribution in [0.1, 0.15) is 26.4 Å². The SMILES string of the molecule is Cc1cccc(C(=O)O)c1NC(=O)c1cccc(Br)n1. The van der Waals surface area contributed by atoms with Crippen molar-refractivity contribution in [3.05, 3.63) is 57.8 Å². The molecule has 2 aromatic rings. The molecule has 0 saturated heterocycles. The highest BCUT2D eigenvalue weighted by Crippen LogP contribution is 2.21. The van der Waals surface area contributed by atoms with Gasteiger partial charge in [0.2, 0.25) is 0 Å². The van der Waals surface area contributed by atoms with Gasteiger partial charge < -0.3 is 10.4 Å². The molecule has 0 aliphatic rings. The van der Waals surface area contributed by atoms with E-state index in [0.29, 0.717) is 10.2 Å². The van der Waals surface area contributed by atoms with E-state index in [-0.39, 0.29) is 16.9 Å². The summed E-state index contributed by atoms with van der Waals surface area (Å²) in [4.78, 5) is 27.3. The number of carboxylic acid groups (broad SMARTS) is 1. The molecule has 1 amide bonds. The quantitative estimate of drug-likeness (QED) is 0.845. The summed E-state index contributed by atoms with van der Waals surface area (Å²) in [6.07, 6.45) is 0. The van der Waals surface area contributed by atoms with Crippen LogP contribution in [0.4, 0.5) is 5.69 Å². The maximum absolute atomic E-state index is 12.1. The lowest BCUT2D eigenvalue weighted by Crippen LogP contribution is -2.17. The number of hydrogen-bond acceptors (Lipinski definition) is 3. The summed E-state index contributed by atoms with van der Waals surface area (Å²) in [6.45, 7) is 1.73. The molecule has 0 aliphatic carbocycles. The number of aromatic carboxylic acids is 1. The Morgan fingerprint density at radius 1 is 1.20 bits per heavy atom. The van der Waals surface area contributed by atoms with Crippen LogP contribution < -0.4 is 5.32 Å². The van der Waals surface area contributed by atoms with Gasteiger partial charge in [-0.3, -0.25) is 4.79 Å². The van der Waals surface area contributed by atoms with Crippen LogP contribution in [-0.2, 0) is 0 Å². The molecule has 0 unspecified atom stereocenters. The van der Waals surface area contributed by atoms with Gasteiger partial charge in [-0.05, 0) is 46.6 Å². The standard InChI is InChI=1S/C14H11BrN2O3/c1-8-4-2-5-9(14(19)20)12(8)17-13(18)10-6-3-7-11(15)16-10/h2-7H,1H3,(H,17,18)(H,19,20).